The second kappa shape index (κ2) is 5.51. The molecule has 1 aromatic carbocycles. The van der Waals surface area contributed by atoms with Gasteiger partial charge in [0.05, 0.1) is 16.5 Å². The van der Waals surface area contributed by atoms with Crippen molar-refractivity contribution in [1.29, 1.82) is 0 Å². The number of aromatic nitrogens is 2. The van der Waals surface area contributed by atoms with Crippen LogP contribution in [0.3, 0.4) is 0 Å². The zero-order chi connectivity index (χ0) is 15.2. The molecule has 2 aliphatic heterocycles. The molecule has 0 amide bonds. The molecular formula is C16H18N2O2S2. The Morgan fingerprint density at radius 2 is 2.27 bits per heavy atom. The molecular weight excluding hydrogens is 316 g/mol. The number of nitrogens with one attached hydrogen (secondary N) is 1. The van der Waals surface area contributed by atoms with E-state index in [4.69, 9.17) is 17.0 Å². The molecule has 1 aromatic heterocycles. The highest BCUT2D eigenvalue weighted by atomic mass is 32.2. The SMILES string of the molecule is O=c1c2ccccc2[nH]c(=S)n1[C@H]1CCO[C@]2(CCSC2)C1. The molecule has 0 radical (unpaired) electrons. The van der Waals surface area contributed by atoms with Crippen LogP contribution < -0.4 is 5.56 Å². The van der Waals surface area contributed by atoms with Gasteiger partial charge in [-0.1, -0.05) is 12.1 Å². The molecule has 4 rings (SSSR count). The topological polar surface area (TPSA) is 47.0 Å². The van der Waals surface area contributed by atoms with E-state index in [1.54, 1.807) is 4.57 Å². The number of hydrogen-bond acceptors (Lipinski definition) is 4. The van der Waals surface area contributed by atoms with Gasteiger partial charge < -0.3 is 9.72 Å². The molecule has 1 spiro atoms. The first-order chi connectivity index (χ1) is 10.7. The van der Waals surface area contributed by atoms with E-state index in [0.29, 0.717) is 16.8 Å². The molecule has 1 N–H and O–H groups in total. The lowest BCUT2D eigenvalue weighted by atomic mass is 9.89. The fourth-order valence-corrected chi connectivity index (χ4v) is 5.31. The monoisotopic (exact) mass is 334 g/mol. The Hall–Kier alpha value is -1.11. The predicted octanol–water partition coefficient (Wildman–Crippen LogP) is 3.29. The van der Waals surface area contributed by atoms with Gasteiger partial charge in [0.2, 0.25) is 0 Å². The minimum absolute atomic E-state index is 0.0204. The Bertz CT molecular complexity index is 821. The van der Waals surface area contributed by atoms with Crippen molar-refractivity contribution < 1.29 is 4.74 Å². The maximum atomic E-state index is 12.9. The molecule has 6 heteroatoms. The summed E-state index contributed by atoms with van der Waals surface area (Å²) < 4.78 is 8.37. The Morgan fingerprint density at radius 1 is 1.41 bits per heavy atom. The van der Waals surface area contributed by atoms with E-state index in [1.807, 2.05) is 36.0 Å². The number of thioether (sulfide) groups is 1. The second-order valence-electron chi connectivity index (χ2n) is 6.13. The first kappa shape index (κ1) is 14.5. The molecule has 2 atom stereocenters. The molecule has 0 aliphatic carbocycles. The second-order valence-corrected chi connectivity index (χ2v) is 7.62. The van der Waals surface area contributed by atoms with Crippen molar-refractivity contribution in [3.63, 3.8) is 0 Å². The van der Waals surface area contributed by atoms with E-state index in [9.17, 15) is 4.79 Å². The van der Waals surface area contributed by atoms with Crippen LogP contribution in [-0.4, -0.2) is 33.3 Å². The molecule has 3 heterocycles. The third kappa shape index (κ3) is 2.33. The zero-order valence-electron chi connectivity index (χ0n) is 12.2. The van der Waals surface area contributed by atoms with Gasteiger partial charge in [0.15, 0.2) is 4.77 Å². The molecule has 116 valence electrons. The number of benzene rings is 1. The van der Waals surface area contributed by atoms with E-state index in [-0.39, 0.29) is 17.2 Å². The summed E-state index contributed by atoms with van der Waals surface area (Å²) in [6, 6.07) is 7.70. The van der Waals surface area contributed by atoms with Crippen molar-refractivity contribution >= 4 is 34.9 Å². The molecule has 4 nitrogen and oxygen atoms in total. The summed E-state index contributed by atoms with van der Waals surface area (Å²) in [6.07, 6.45) is 2.81. The standard InChI is InChI=1S/C16H18N2O2S2/c19-14-12-3-1-2-4-13(12)17-15(21)18(14)11-5-7-20-16(9-11)6-8-22-10-16/h1-4,11H,5-10H2,(H,17,21)/t11-,16+/m0/s1. The molecule has 2 aromatic rings. The van der Waals surface area contributed by atoms with Crippen LogP contribution in [0, 0.1) is 4.77 Å². The van der Waals surface area contributed by atoms with Gasteiger partial charge in [0, 0.05) is 18.4 Å². The number of para-hydroxylation sites is 1. The number of hydrogen-bond donors (Lipinski definition) is 1. The Morgan fingerprint density at radius 3 is 3.09 bits per heavy atom. The van der Waals surface area contributed by atoms with Gasteiger partial charge in [-0.05, 0) is 49.4 Å². The number of aromatic amines is 1. The van der Waals surface area contributed by atoms with Crippen LogP contribution >= 0.6 is 24.0 Å². The van der Waals surface area contributed by atoms with Crippen molar-refractivity contribution in [2.45, 2.75) is 30.9 Å². The third-order valence-electron chi connectivity index (χ3n) is 4.74. The van der Waals surface area contributed by atoms with Crippen LogP contribution in [0.1, 0.15) is 25.3 Å². The summed E-state index contributed by atoms with van der Waals surface area (Å²) in [7, 11) is 0. The smallest absolute Gasteiger partial charge is 0.262 e. The molecule has 2 fully saturated rings. The summed E-state index contributed by atoms with van der Waals surface area (Å²) in [6.45, 7) is 0.708. The van der Waals surface area contributed by atoms with Crippen LogP contribution in [-0.2, 0) is 4.74 Å². The first-order valence-corrected chi connectivity index (χ1v) is 9.20. The van der Waals surface area contributed by atoms with Crippen LogP contribution in [0.5, 0.6) is 0 Å². The van der Waals surface area contributed by atoms with Gasteiger partial charge in [0.25, 0.3) is 5.56 Å². The molecule has 2 aliphatic rings. The van der Waals surface area contributed by atoms with Gasteiger partial charge in [-0.3, -0.25) is 9.36 Å². The molecule has 0 saturated carbocycles. The average Bonchev–Trinajstić information content (AvgIpc) is 2.95. The van der Waals surface area contributed by atoms with E-state index in [2.05, 4.69) is 4.98 Å². The average molecular weight is 334 g/mol. The summed E-state index contributed by atoms with van der Waals surface area (Å²) in [4.78, 5) is 16.1. The van der Waals surface area contributed by atoms with E-state index < -0.39 is 0 Å². The van der Waals surface area contributed by atoms with E-state index in [1.165, 1.54) is 0 Å². The minimum Gasteiger partial charge on any atom is -0.374 e. The fraction of sp³-hybridized carbons (Fsp3) is 0.500. The number of ether oxygens (including phenoxy) is 1. The molecule has 2 saturated heterocycles. The predicted molar refractivity (Wildman–Crippen MR) is 92.3 cm³/mol. The Labute approximate surface area is 137 Å². The summed E-state index contributed by atoms with van der Waals surface area (Å²) in [5, 5.41) is 0.706. The maximum absolute atomic E-state index is 12.9. The Balaban J connectivity index is 1.80. The van der Waals surface area contributed by atoms with E-state index >= 15 is 0 Å². The molecule has 22 heavy (non-hydrogen) atoms. The lowest BCUT2D eigenvalue weighted by molar-refractivity contribution is -0.0768. The van der Waals surface area contributed by atoms with E-state index in [0.717, 1.165) is 36.3 Å². The quantitative estimate of drug-likeness (QED) is 0.813. The number of rotatable bonds is 1. The summed E-state index contributed by atoms with van der Waals surface area (Å²) >= 11 is 7.41. The van der Waals surface area contributed by atoms with Gasteiger partial charge in [-0.15, -0.1) is 0 Å². The van der Waals surface area contributed by atoms with Gasteiger partial charge in [-0.2, -0.15) is 11.8 Å². The van der Waals surface area contributed by atoms with Crippen LogP contribution in [0.15, 0.2) is 29.1 Å². The lowest BCUT2D eigenvalue weighted by Gasteiger charge is -2.38. The highest BCUT2D eigenvalue weighted by Gasteiger charge is 2.41. The lowest BCUT2D eigenvalue weighted by Crippen LogP contribution is -2.42. The normalized spacial score (nSPS) is 28.5. The van der Waals surface area contributed by atoms with Gasteiger partial charge >= 0.3 is 0 Å². The third-order valence-corrected chi connectivity index (χ3v) is 6.26. The number of nitrogens with zero attached hydrogens (tertiary/aromatic N) is 1. The molecule has 0 bridgehead atoms. The Kier molecular flexibility index (Phi) is 3.63. The van der Waals surface area contributed by atoms with Crippen molar-refractivity contribution in [2.24, 2.45) is 0 Å². The minimum atomic E-state index is -0.0551. The van der Waals surface area contributed by atoms with Crippen LogP contribution in [0.2, 0.25) is 0 Å². The first-order valence-electron chi connectivity index (χ1n) is 7.64. The van der Waals surface area contributed by atoms with Crippen molar-refractivity contribution in [3.8, 4) is 0 Å². The number of fused-ring (bicyclic) bond motifs is 1. The van der Waals surface area contributed by atoms with Gasteiger partial charge in [-0.25, -0.2) is 0 Å². The van der Waals surface area contributed by atoms with Crippen LogP contribution in [0.4, 0.5) is 0 Å². The zero-order valence-corrected chi connectivity index (χ0v) is 13.8. The van der Waals surface area contributed by atoms with Crippen molar-refractivity contribution in [1.82, 2.24) is 9.55 Å². The summed E-state index contributed by atoms with van der Waals surface area (Å²) in [5.74, 6) is 2.18. The van der Waals surface area contributed by atoms with Crippen molar-refractivity contribution in [3.05, 3.63) is 39.4 Å². The molecule has 0 unspecified atom stereocenters. The maximum Gasteiger partial charge on any atom is 0.262 e. The summed E-state index contributed by atoms with van der Waals surface area (Å²) in [5.41, 5.74) is 0.777. The van der Waals surface area contributed by atoms with Crippen LogP contribution in [0.25, 0.3) is 10.9 Å². The highest BCUT2D eigenvalue weighted by molar-refractivity contribution is 7.99. The highest BCUT2D eigenvalue weighted by Crippen LogP contribution is 2.41. The number of H-pyrrole nitrogens is 1. The van der Waals surface area contributed by atoms with Gasteiger partial charge in [0.1, 0.15) is 0 Å². The largest absolute Gasteiger partial charge is 0.374 e. The van der Waals surface area contributed by atoms with Crippen molar-refractivity contribution in [2.75, 3.05) is 18.1 Å². The fourth-order valence-electron chi connectivity index (χ4n) is 3.59.